The van der Waals surface area contributed by atoms with Crippen molar-refractivity contribution in [3.8, 4) is 6.07 Å². The minimum atomic E-state index is -3.77. The Morgan fingerprint density at radius 1 is 0.938 bits per heavy atom. The quantitative estimate of drug-likeness (QED) is 0.619. The number of carbonyl (C=O) groups is 1. The molecule has 1 amide bonds. The van der Waals surface area contributed by atoms with Crippen LogP contribution in [-0.4, -0.2) is 97.3 Å². The number of nitriles is 1. The summed E-state index contributed by atoms with van der Waals surface area (Å²) in [6.07, 6.45) is 3.44. The van der Waals surface area contributed by atoms with E-state index in [9.17, 15) is 18.5 Å². The fourth-order valence-corrected chi connectivity index (χ4v) is 5.52. The largest absolute Gasteiger partial charge is 0.339 e. The van der Waals surface area contributed by atoms with Gasteiger partial charge in [0.25, 0.3) is 0 Å². The number of aromatic nitrogens is 2. The maximum atomic E-state index is 13.0. The molecular weight excluding hydrogens is 430 g/mol. The first-order valence-corrected chi connectivity index (χ1v) is 11.9. The number of rotatable bonds is 5. The van der Waals surface area contributed by atoms with E-state index < -0.39 is 10.0 Å². The lowest BCUT2D eigenvalue weighted by Crippen LogP contribution is -2.54. The molecule has 0 radical (unpaired) electrons. The zero-order valence-electron chi connectivity index (χ0n) is 17.7. The van der Waals surface area contributed by atoms with Gasteiger partial charge in [0.1, 0.15) is 6.07 Å². The Bertz CT molecular complexity index is 1090. The van der Waals surface area contributed by atoms with E-state index in [0.717, 1.165) is 26.2 Å². The molecule has 1 aromatic carbocycles. The highest BCUT2D eigenvalue weighted by Crippen LogP contribution is 2.21. The maximum Gasteiger partial charge on any atom is 0.244 e. The Morgan fingerprint density at radius 2 is 1.59 bits per heavy atom. The van der Waals surface area contributed by atoms with Crippen molar-refractivity contribution in [2.24, 2.45) is 0 Å². The van der Waals surface area contributed by atoms with Crippen molar-refractivity contribution in [2.45, 2.75) is 4.90 Å². The molecule has 2 aromatic rings. The molecule has 0 N–H and O–H groups in total. The summed E-state index contributed by atoms with van der Waals surface area (Å²) >= 11 is 0. The van der Waals surface area contributed by atoms with Crippen LogP contribution >= 0.6 is 0 Å². The summed E-state index contributed by atoms with van der Waals surface area (Å²) in [5.74, 6) is 0.706. The van der Waals surface area contributed by atoms with Crippen LogP contribution in [0.3, 0.4) is 0 Å². The Labute approximate surface area is 187 Å². The van der Waals surface area contributed by atoms with E-state index in [4.69, 9.17) is 0 Å². The lowest BCUT2D eigenvalue weighted by molar-refractivity contribution is -0.133. The first kappa shape index (κ1) is 22.1. The highest BCUT2D eigenvalue weighted by molar-refractivity contribution is 7.89. The van der Waals surface area contributed by atoms with Gasteiger partial charge >= 0.3 is 0 Å². The van der Waals surface area contributed by atoms with Gasteiger partial charge in [-0.1, -0.05) is 12.1 Å². The molecule has 2 fully saturated rings. The van der Waals surface area contributed by atoms with Gasteiger partial charge < -0.3 is 9.80 Å². The van der Waals surface area contributed by atoms with Gasteiger partial charge in [0.15, 0.2) is 0 Å². The molecule has 0 unspecified atom stereocenters. The first-order chi connectivity index (χ1) is 15.5. The summed E-state index contributed by atoms with van der Waals surface area (Å²) in [6, 6.07) is 9.92. The highest BCUT2D eigenvalue weighted by atomic mass is 32.2. The molecule has 0 spiro atoms. The summed E-state index contributed by atoms with van der Waals surface area (Å²) in [4.78, 5) is 27.3. The predicted molar refractivity (Wildman–Crippen MR) is 117 cm³/mol. The van der Waals surface area contributed by atoms with E-state index >= 15 is 0 Å². The maximum absolute atomic E-state index is 13.0. The number of piperazine rings is 2. The van der Waals surface area contributed by atoms with Gasteiger partial charge in [-0.25, -0.2) is 18.4 Å². The monoisotopic (exact) mass is 455 g/mol. The molecule has 4 rings (SSSR count). The van der Waals surface area contributed by atoms with Gasteiger partial charge in [-0.3, -0.25) is 9.69 Å². The van der Waals surface area contributed by atoms with Crippen molar-refractivity contribution in [1.29, 1.82) is 5.26 Å². The van der Waals surface area contributed by atoms with Gasteiger partial charge in [0.05, 0.1) is 17.0 Å². The minimum Gasteiger partial charge on any atom is -0.339 e. The number of amides is 1. The number of hydrogen-bond acceptors (Lipinski definition) is 8. The number of benzene rings is 1. The van der Waals surface area contributed by atoms with Crippen molar-refractivity contribution in [1.82, 2.24) is 24.1 Å². The fraction of sp³-hybridized carbons (Fsp3) is 0.429. The number of sulfonamides is 1. The third kappa shape index (κ3) is 4.72. The lowest BCUT2D eigenvalue weighted by Gasteiger charge is -2.37. The topological polar surface area (TPSA) is 114 Å². The molecule has 3 heterocycles. The molecule has 11 heteroatoms. The first-order valence-electron chi connectivity index (χ1n) is 10.5. The van der Waals surface area contributed by atoms with E-state index in [1.807, 2.05) is 6.07 Å². The van der Waals surface area contributed by atoms with Gasteiger partial charge in [0.2, 0.25) is 21.9 Å². The molecular formula is C21H25N7O3S. The summed E-state index contributed by atoms with van der Waals surface area (Å²) < 4.78 is 27.3. The molecule has 10 nitrogen and oxygen atoms in total. The van der Waals surface area contributed by atoms with Crippen LogP contribution in [0.1, 0.15) is 5.56 Å². The second-order valence-corrected chi connectivity index (χ2v) is 9.61. The zero-order chi connectivity index (χ0) is 22.6. The third-order valence-corrected chi connectivity index (χ3v) is 7.74. The van der Waals surface area contributed by atoms with Crippen LogP contribution in [0.5, 0.6) is 0 Å². The van der Waals surface area contributed by atoms with Gasteiger partial charge in [0, 0.05) is 64.8 Å². The smallest absolute Gasteiger partial charge is 0.244 e. The van der Waals surface area contributed by atoms with Crippen LogP contribution < -0.4 is 4.90 Å². The standard InChI is InChI=1S/C21H25N7O3S/c22-16-18-4-1-2-5-19(18)32(30,31)28-14-12-26(13-15-28)20(29)17-25-8-10-27(11-9-25)21-23-6-3-7-24-21/h1-7H,8-15,17H2. The average molecular weight is 456 g/mol. The molecule has 0 bridgehead atoms. The van der Waals surface area contributed by atoms with Crippen LogP contribution in [0, 0.1) is 11.3 Å². The summed E-state index contributed by atoms with van der Waals surface area (Å²) in [5.41, 5.74) is 0.131. The number of carbonyl (C=O) groups excluding carboxylic acids is 1. The number of anilines is 1. The van der Waals surface area contributed by atoms with Crippen LogP contribution in [0.15, 0.2) is 47.6 Å². The molecule has 0 saturated carbocycles. The van der Waals surface area contributed by atoms with E-state index in [1.54, 1.807) is 35.5 Å². The third-order valence-electron chi connectivity index (χ3n) is 5.78. The molecule has 168 valence electrons. The van der Waals surface area contributed by atoms with Gasteiger partial charge in [-0.15, -0.1) is 0 Å². The van der Waals surface area contributed by atoms with Crippen molar-refractivity contribution < 1.29 is 13.2 Å². The molecule has 0 atom stereocenters. The van der Waals surface area contributed by atoms with E-state index in [2.05, 4.69) is 19.8 Å². The Hall–Kier alpha value is -3.07. The fourth-order valence-electron chi connectivity index (χ4n) is 3.95. The zero-order valence-corrected chi connectivity index (χ0v) is 18.5. The van der Waals surface area contributed by atoms with E-state index in [0.29, 0.717) is 25.6 Å². The van der Waals surface area contributed by atoms with Gasteiger partial charge in [-0.05, 0) is 18.2 Å². The van der Waals surface area contributed by atoms with Crippen molar-refractivity contribution in [2.75, 3.05) is 63.8 Å². The van der Waals surface area contributed by atoms with Gasteiger partial charge in [-0.2, -0.15) is 9.57 Å². The lowest BCUT2D eigenvalue weighted by atomic mass is 10.2. The molecule has 32 heavy (non-hydrogen) atoms. The molecule has 2 saturated heterocycles. The summed E-state index contributed by atoms with van der Waals surface area (Å²) in [6.45, 7) is 4.40. The summed E-state index contributed by atoms with van der Waals surface area (Å²) in [5, 5.41) is 9.23. The second kappa shape index (κ2) is 9.60. The number of hydrogen-bond donors (Lipinski definition) is 0. The second-order valence-electron chi connectivity index (χ2n) is 7.70. The van der Waals surface area contributed by atoms with Crippen LogP contribution in [0.4, 0.5) is 5.95 Å². The molecule has 0 aliphatic carbocycles. The molecule has 2 aliphatic heterocycles. The van der Waals surface area contributed by atoms with Crippen molar-refractivity contribution in [3.05, 3.63) is 48.3 Å². The van der Waals surface area contributed by atoms with Crippen molar-refractivity contribution >= 4 is 21.9 Å². The van der Waals surface area contributed by atoms with E-state index in [1.165, 1.54) is 16.4 Å². The van der Waals surface area contributed by atoms with Crippen LogP contribution in [0.2, 0.25) is 0 Å². The minimum absolute atomic E-state index is 0.00360. The van der Waals surface area contributed by atoms with Crippen LogP contribution in [-0.2, 0) is 14.8 Å². The Balaban J connectivity index is 1.28. The molecule has 2 aliphatic rings. The van der Waals surface area contributed by atoms with Crippen molar-refractivity contribution in [3.63, 3.8) is 0 Å². The summed E-state index contributed by atoms with van der Waals surface area (Å²) in [7, 11) is -3.77. The van der Waals surface area contributed by atoms with E-state index in [-0.39, 0.29) is 29.5 Å². The Morgan fingerprint density at radius 3 is 2.25 bits per heavy atom. The SMILES string of the molecule is N#Cc1ccccc1S(=O)(=O)N1CCN(C(=O)CN2CCN(c3ncccn3)CC2)CC1. The normalized spacial score (nSPS) is 18.3. The highest BCUT2D eigenvalue weighted by Gasteiger charge is 2.32. The predicted octanol–water partition coefficient (Wildman–Crippen LogP) is 0.00338. The Kier molecular flexibility index (Phi) is 6.64. The average Bonchev–Trinajstić information content (AvgIpc) is 2.85. The molecule has 1 aromatic heterocycles. The number of nitrogens with zero attached hydrogens (tertiary/aromatic N) is 7. The van der Waals surface area contributed by atoms with Crippen LogP contribution in [0.25, 0.3) is 0 Å².